The van der Waals surface area contributed by atoms with Gasteiger partial charge in [0.2, 0.25) is 5.91 Å². The van der Waals surface area contributed by atoms with Crippen molar-refractivity contribution in [2.24, 2.45) is 0 Å². The van der Waals surface area contributed by atoms with Gasteiger partial charge in [-0.15, -0.1) is 0 Å². The number of morpholine rings is 1. The van der Waals surface area contributed by atoms with Crippen LogP contribution in [0.3, 0.4) is 0 Å². The largest absolute Gasteiger partial charge is 0.379 e. The van der Waals surface area contributed by atoms with Gasteiger partial charge in [-0.2, -0.15) is 0 Å². The Morgan fingerprint density at radius 2 is 1.86 bits per heavy atom. The van der Waals surface area contributed by atoms with E-state index in [9.17, 15) is 4.79 Å². The van der Waals surface area contributed by atoms with E-state index in [0.29, 0.717) is 13.0 Å². The molecule has 1 heterocycles. The Bertz CT molecular complexity index is 631. The molecule has 1 saturated heterocycles. The summed E-state index contributed by atoms with van der Waals surface area (Å²) in [4.78, 5) is 14.5. The van der Waals surface area contributed by atoms with Crippen molar-refractivity contribution in [1.82, 2.24) is 10.2 Å². The van der Waals surface area contributed by atoms with Crippen LogP contribution in [0, 0.1) is 0 Å². The molecule has 1 fully saturated rings. The van der Waals surface area contributed by atoms with Gasteiger partial charge in [0.1, 0.15) is 0 Å². The normalized spacial score (nSPS) is 15.8. The molecule has 116 valence electrons. The lowest BCUT2D eigenvalue weighted by atomic mass is 10.0. The molecule has 0 radical (unpaired) electrons. The number of carbonyl (C=O) groups is 1. The molecule has 4 heteroatoms. The van der Waals surface area contributed by atoms with E-state index in [0.717, 1.165) is 43.8 Å². The fraction of sp³-hybridized carbons (Fsp3) is 0.389. The van der Waals surface area contributed by atoms with Gasteiger partial charge in [0.15, 0.2) is 0 Å². The van der Waals surface area contributed by atoms with Crippen LogP contribution in [0.15, 0.2) is 42.5 Å². The number of amides is 1. The molecule has 0 unspecified atom stereocenters. The molecule has 0 aliphatic carbocycles. The molecule has 1 N–H and O–H groups in total. The van der Waals surface area contributed by atoms with Gasteiger partial charge in [0.25, 0.3) is 0 Å². The maximum Gasteiger partial charge on any atom is 0.224 e. The van der Waals surface area contributed by atoms with Crippen molar-refractivity contribution in [3.05, 3.63) is 48.0 Å². The number of rotatable bonds is 5. The average molecular weight is 298 g/mol. The average Bonchev–Trinajstić information content (AvgIpc) is 2.56. The van der Waals surface area contributed by atoms with Gasteiger partial charge in [-0.05, 0) is 16.3 Å². The number of hydrogen-bond donors (Lipinski definition) is 1. The molecule has 0 saturated carbocycles. The van der Waals surface area contributed by atoms with Crippen molar-refractivity contribution in [2.45, 2.75) is 6.42 Å². The van der Waals surface area contributed by atoms with E-state index in [-0.39, 0.29) is 5.91 Å². The minimum absolute atomic E-state index is 0.0876. The molecule has 0 aromatic heterocycles. The van der Waals surface area contributed by atoms with E-state index in [1.807, 2.05) is 24.3 Å². The van der Waals surface area contributed by atoms with Crippen LogP contribution in [-0.4, -0.2) is 50.2 Å². The first-order chi connectivity index (χ1) is 10.8. The first-order valence-corrected chi connectivity index (χ1v) is 7.86. The highest BCUT2D eigenvalue weighted by Gasteiger charge is 2.11. The van der Waals surface area contributed by atoms with E-state index in [1.165, 1.54) is 5.39 Å². The number of fused-ring (bicyclic) bond motifs is 1. The summed E-state index contributed by atoms with van der Waals surface area (Å²) in [6.07, 6.45) is 0.435. The summed E-state index contributed by atoms with van der Waals surface area (Å²) in [5, 5.41) is 5.36. The van der Waals surface area contributed by atoms with E-state index in [1.54, 1.807) is 0 Å². The van der Waals surface area contributed by atoms with Gasteiger partial charge in [-0.3, -0.25) is 9.69 Å². The summed E-state index contributed by atoms with van der Waals surface area (Å²) >= 11 is 0. The summed E-state index contributed by atoms with van der Waals surface area (Å²) in [5.41, 5.74) is 1.09. The Kier molecular flexibility index (Phi) is 5.03. The number of ether oxygens (including phenoxy) is 1. The molecule has 1 aliphatic rings. The monoisotopic (exact) mass is 298 g/mol. The van der Waals surface area contributed by atoms with E-state index < -0.39 is 0 Å². The van der Waals surface area contributed by atoms with Crippen LogP contribution in [0.5, 0.6) is 0 Å². The summed E-state index contributed by atoms with van der Waals surface area (Å²) in [6, 6.07) is 14.3. The highest BCUT2D eigenvalue weighted by Crippen LogP contribution is 2.18. The summed E-state index contributed by atoms with van der Waals surface area (Å²) in [6.45, 7) is 5.10. The van der Waals surface area contributed by atoms with Gasteiger partial charge < -0.3 is 10.1 Å². The van der Waals surface area contributed by atoms with Crippen LogP contribution >= 0.6 is 0 Å². The van der Waals surface area contributed by atoms with Gasteiger partial charge in [0, 0.05) is 26.2 Å². The summed E-state index contributed by atoms with van der Waals surface area (Å²) in [7, 11) is 0. The lowest BCUT2D eigenvalue weighted by Crippen LogP contribution is -2.41. The molecule has 2 aromatic carbocycles. The molecule has 0 spiro atoms. The summed E-state index contributed by atoms with van der Waals surface area (Å²) < 4.78 is 5.32. The highest BCUT2D eigenvalue weighted by atomic mass is 16.5. The van der Waals surface area contributed by atoms with Crippen LogP contribution in [0.1, 0.15) is 5.56 Å². The molecule has 3 rings (SSSR count). The zero-order valence-electron chi connectivity index (χ0n) is 12.8. The third kappa shape index (κ3) is 3.84. The molecule has 0 bridgehead atoms. The van der Waals surface area contributed by atoms with Gasteiger partial charge in [-0.1, -0.05) is 42.5 Å². The maximum atomic E-state index is 12.1. The topological polar surface area (TPSA) is 41.6 Å². The SMILES string of the molecule is O=C(Cc1cccc2ccccc12)NCCN1CCOCC1. The van der Waals surface area contributed by atoms with Crippen LogP contribution in [0.2, 0.25) is 0 Å². The highest BCUT2D eigenvalue weighted by molar-refractivity contribution is 5.90. The van der Waals surface area contributed by atoms with Crippen molar-refractivity contribution in [3.8, 4) is 0 Å². The molecule has 1 aliphatic heterocycles. The lowest BCUT2D eigenvalue weighted by molar-refractivity contribution is -0.120. The van der Waals surface area contributed by atoms with Crippen molar-refractivity contribution in [2.75, 3.05) is 39.4 Å². The Labute approximate surface area is 131 Å². The van der Waals surface area contributed by atoms with Crippen molar-refractivity contribution >= 4 is 16.7 Å². The Morgan fingerprint density at radius 1 is 1.09 bits per heavy atom. The quantitative estimate of drug-likeness (QED) is 0.915. The molecule has 1 amide bonds. The van der Waals surface area contributed by atoms with E-state index in [2.05, 4.69) is 28.4 Å². The van der Waals surface area contributed by atoms with Crippen molar-refractivity contribution in [3.63, 3.8) is 0 Å². The predicted octanol–water partition coefficient (Wildman–Crippen LogP) is 1.83. The Hall–Kier alpha value is -1.91. The fourth-order valence-corrected chi connectivity index (χ4v) is 2.86. The number of nitrogens with zero attached hydrogens (tertiary/aromatic N) is 1. The summed E-state index contributed by atoms with van der Waals surface area (Å²) in [5.74, 6) is 0.0876. The van der Waals surface area contributed by atoms with Crippen LogP contribution in [0.25, 0.3) is 10.8 Å². The third-order valence-corrected chi connectivity index (χ3v) is 4.08. The second kappa shape index (κ2) is 7.38. The van der Waals surface area contributed by atoms with Gasteiger partial charge in [0.05, 0.1) is 19.6 Å². The first kappa shape index (κ1) is 15.0. The van der Waals surface area contributed by atoms with Gasteiger partial charge in [-0.25, -0.2) is 0 Å². The standard InChI is InChI=1S/C18H22N2O2/c21-18(19-8-9-20-10-12-22-13-11-20)14-16-6-3-5-15-4-1-2-7-17(15)16/h1-7H,8-14H2,(H,19,21). The van der Waals surface area contributed by atoms with E-state index in [4.69, 9.17) is 4.74 Å². The zero-order valence-corrected chi connectivity index (χ0v) is 12.8. The molecular weight excluding hydrogens is 276 g/mol. The fourth-order valence-electron chi connectivity index (χ4n) is 2.86. The van der Waals surface area contributed by atoms with Crippen molar-refractivity contribution < 1.29 is 9.53 Å². The molecular formula is C18H22N2O2. The predicted molar refractivity (Wildman–Crippen MR) is 87.9 cm³/mol. The minimum Gasteiger partial charge on any atom is -0.379 e. The first-order valence-electron chi connectivity index (χ1n) is 7.86. The van der Waals surface area contributed by atoms with Crippen molar-refractivity contribution in [1.29, 1.82) is 0 Å². The second-order valence-electron chi connectivity index (χ2n) is 5.62. The molecule has 4 nitrogen and oxygen atoms in total. The third-order valence-electron chi connectivity index (χ3n) is 4.08. The maximum absolute atomic E-state index is 12.1. The smallest absolute Gasteiger partial charge is 0.224 e. The lowest BCUT2D eigenvalue weighted by Gasteiger charge is -2.26. The second-order valence-corrected chi connectivity index (χ2v) is 5.62. The van der Waals surface area contributed by atoms with Crippen LogP contribution in [-0.2, 0) is 16.0 Å². The Balaban J connectivity index is 1.52. The number of benzene rings is 2. The zero-order chi connectivity index (χ0) is 15.2. The van der Waals surface area contributed by atoms with E-state index >= 15 is 0 Å². The number of hydrogen-bond acceptors (Lipinski definition) is 3. The van der Waals surface area contributed by atoms with Crippen LogP contribution < -0.4 is 5.32 Å². The Morgan fingerprint density at radius 3 is 2.73 bits per heavy atom. The molecule has 0 atom stereocenters. The van der Waals surface area contributed by atoms with Crippen LogP contribution in [0.4, 0.5) is 0 Å². The number of nitrogens with one attached hydrogen (secondary N) is 1. The van der Waals surface area contributed by atoms with Gasteiger partial charge >= 0.3 is 0 Å². The molecule has 22 heavy (non-hydrogen) atoms. The molecule has 2 aromatic rings. The minimum atomic E-state index is 0.0876. The number of carbonyl (C=O) groups excluding carboxylic acids is 1.